The molecule has 0 aliphatic carbocycles. The van der Waals surface area contributed by atoms with Gasteiger partial charge < -0.3 is 14.2 Å². The van der Waals surface area contributed by atoms with Crippen molar-refractivity contribution in [2.24, 2.45) is 5.92 Å². The van der Waals surface area contributed by atoms with E-state index in [9.17, 15) is 0 Å². The molecular weight excluding hydrogens is 201 g/mol. The second kappa shape index (κ2) is 5.48. The molecule has 1 heterocycles. The predicted molar refractivity (Wildman–Crippen MR) is 65.8 cm³/mol. The highest BCUT2D eigenvalue weighted by Crippen LogP contribution is 2.09. The van der Waals surface area contributed by atoms with Crippen LogP contribution in [-0.2, 0) is 9.31 Å². The predicted octanol–water partition coefficient (Wildman–Crippen LogP) is 0.606. The van der Waals surface area contributed by atoms with Crippen molar-refractivity contribution in [2.45, 2.75) is 0 Å². The highest BCUT2D eigenvalue weighted by atomic mass is 16.6. The Morgan fingerprint density at radius 3 is 2.38 bits per heavy atom. The molecule has 16 heavy (non-hydrogen) atoms. The van der Waals surface area contributed by atoms with Crippen molar-refractivity contribution in [3.05, 3.63) is 30.3 Å². The fraction of sp³-hybridized carbons (Fsp3) is 0.500. The molecule has 0 unspecified atom stereocenters. The molecule has 0 bridgehead atoms. The van der Waals surface area contributed by atoms with E-state index in [0.29, 0.717) is 5.92 Å². The summed E-state index contributed by atoms with van der Waals surface area (Å²) in [4.78, 5) is 2.17. The van der Waals surface area contributed by atoms with Crippen LogP contribution in [0.25, 0.3) is 0 Å². The lowest BCUT2D eigenvalue weighted by Crippen LogP contribution is -2.46. The first-order valence-corrected chi connectivity index (χ1v) is 5.68. The number of rotatable bonds is 3. The first-order chi connectivity index (χ1) is 7.75. The van der Waals surface area contributed by atoms with E-state index in [2.05, 4.69) is 19.0 Å². The standard InChI is InChI=1S/C12H18BNO2/c1-14(2)8-11-9-15-13(16-10-11)12-6-4-3-5-7-12/h3-7,11H,8-10H2,1-2H3. The molecule has 0 atom stereocenters. The topological polar surface area (TPSA) is 21.7 Å². The van der Waals surface area contributed by atoms with Gasteiger partial charge in [-0.1, -0.05) is 30.3 Å². The second-order valence-corrected chi connectivity index (χ2v) is 4.54. The van der Waals surface area contributed by atoms with E-state index in [1.54, 1.807) is 0 Å². The molecule has 1 saturated heterocycles. The zero-order valence-electron chi connectivity index (χ0n) is 9.93. The van der Waals surface area contributed by atoms with E-state index < -0.39 is 0 Å². The van der Waals surface area contributed by atoms with Crippen molar-refractivity contribution in [1.29, 1.82) is 0 Å². The largest absolute Gasteiger partial charge is 0.493 e. The molecule has 1 aromatic carbocycles. The molecular formula is C12H18BNO2. The van der Waals surface area contributed by atoms with Gasteiger partial charge in [-0.2, -0.15) is 0 Å². The zero-order valence-corrected chi connectivity index (χ0v) is 9.93. The molecule has 0 amide bonds. The maximum Gasteiger partial charge on any atom is 0.493 e. The summed E-state index contributed by atoms with van der Waals surface area (Å²) in [5, 5.41) is 0. The Morgan fingerprint density at radius 1 is 1.19 bits per heavy atom. The van der Waals surface area contributed by atoms with Crippen LogP contribution in [0.4, 0.5) is 0 Å². The third-order valence-electron chi connectivity index (χ3n) is 2.66. The fourth-order valence-electron chi connectivity index (χ4n) is 1.97. The number of hydrogen-bond donors (Lipinski definition) is 0. The summed E-state index contributed by atoms with van der Waals surface area (Å²) < 4.78 is 11.5. The quantitative estimate of drug-likeness (QED) is 0.695. The van der Waals surface area contributed by atoms with Crippen LogP contribution in [0.3, 0.4) is 0 Å². The van der Waals surface area contributed by atoms with Gasteiger partial charge in [0.2, 0.25) is 0 Å². The monoisotopic (exact) mass is 219 g/mol. The molecule has 1 aromatic rings. The van der Waals surface area contributed by atoms with E-state index in [1.807, 2.05) is 30.3 Å². The molecule has 3 nitrogen and oxygen atoms in total. The van der Waals surface area contributed by atoms with Gasteiger partial charge in [0, 0.05) is 25.7 Å². The van der Waals surface area contributed by atoms with Crippen molar-refractivity contribution < 1.29 is 9.31 Å². The molecule has 86 valence electrons. The number of nitrogens with zero attached hydrogens (tertiary/aromatic N) is 1. The lowest BCUT2D eigenvalue weighted by Gasteiger charge is -2.29. The minimum absolute atomic E-state index is 0.181. The van der Waals surface area contributed by atoms with Crippen molar-refractivity contribution in [2.75, 3.05) is 33.9 Å². The molecule has 1 aliphatic rings. The average molecular weight is 219 g/mol. The Kier molecular flexibility index (Phi) is 3.99. The second-order valence-electron chi connectivity index (χ2n) is 4.54. The van der Waals surface area contributed by atoms with E-state index in [4.69, 9.17) is 9.31 Å². The number of hydrogen-bond acceptors (Lipinski definition) is 3. The van der Waals surface area contributed by atoms with E-state index in [0.717, 1.165) is 25.2 Å². The van der Waals surface area contributed by atoms with Gasteiger partial charge in [0.05, 0.1) is 0 Å². The molecule has 1 fully saturated rings. The molecule has 0 aromatic heterocycles. The van der Waals surface area contributed by atoms with Crippen molar-refractivity contribution in [1.82, 2.24) is 4.90 Å². The Labute approximate surface area is 97.5 Å². The Bertz CT molecular complexity index is 310. The van der Waals surface area contributed by atoms with E-state index in [1.165, 1.54) is 0 Å². The minimum atomic E-state index is -0.181. The summed E-state index contributed by atoms with van der Waals surface area (Å²) in [6.07, 6.45) is 0. The molecule has 2 rings (SSSR count). The average Bonchev–Trinajstić information content (AvgIpc) is 2.30. The van der Waals surface area contributed by atoms with Gasteiger partial charge in [-0.3, -0.25) is 0 Å². The molecule has 0 spiro atoms. The minimum Gasteiger partial charge on any atom is -0.407 e. The first kappa shape index (κ1) is 11.6. The van der Waals surface area contributed by atoms with Crippen molar-refractivity contribution in [3.8, 4) is 0 Å². The van der Waals surface area contributed by atoms with Gasteiger partial charge in [-0.25, -0.2) is 0 Å². The smallest absolute Gasteiger partial charge is 0.407 e. The molecule has 0 N–H and O–H groups in total. The van der Waals surface area contributed by atoms with Gasteiger partial charge in [0.25, 0.3) is 0 Å². The van der Waals surface area contributed by atoms with Crippen molar-refractivity contribution >= 4 is 12.6 Å². The van der Waals surface area contributed by atoms with Crippen LogP contribution in [0, 0.1) is 5.92 Å². The summed E-state index contributed by atoms with van der Waals surface area (Å²) in [7, 11) is 3.96. The van der Waals surface area contributed by atoms with Gasteiger partial charge >= 0.3 is 7.12 Å². The molecule has 0 radical (unpaired) electrons. The van der Waals surface area contributed by atoms with E-state index in [-0.39, 0.29) is 7.12 Å². The molecule has 4 heteroatoms. The summed E-state index contributed by atoms with van der Waals surface area (Å²) >= 11 is 0. The normalized spacial score (nSPS) is 18.1. The maximum atomic E-state index is 5.73. The maximum absolute atomic E-state index is 5.73. The first-order valence-electron chi connectivity index (χ1n) is 5.68. The van der Waals surface area contributed by atoms with Gasteiger partial charge in [0.15, 0.2) is 0 Å². The molecule has 0 saturated carbocycles. The van der Waals surface area contributed by atoms with E-state index >= 15 is 0 Å². The highest BCUT2D eigenvalue weighted by molar-refractivity contribution is 6.61. The Hall–Kier alpha value is -0.835. The lowest BCUT2D eigenvalue weighted by atomic mass is 9.77. The third kappa shape index (κ3) is 3.08. The Balaban J connectivity index is 1.86. The van der Waals surface area contributed by atoms with Crippen molar-refractivity contribution in [3.63, 3.8) is 0 Å². The van der Waals surface area contributed by atoms with Gasteiger partial charge in [-0.05, 0) is 19.6 Å². The third-order valence-corrected chi connectivity index (χ3v) is 2.66. The van der Waals surface area contributed by atoms with Crippen LogP contribution in [0.5, 0.6) is 0 Å². The van der Waals surface area contributed by atoms with Gasteiger partial charge in [-0.15, -0.1) is 0 Å². The molecule has 1 aliphatic heterocycles. The summed E-state index contributed by atoms with van der Waals surface area (Å²) in [6, 6.07) is 10.1. The fourth-order valence-corrected chi connectivity index (χ4v) is 1.97. The van der Waals surface area contributed by atoms with Crippen LogP contribution in [0.15, 0.2) is 30.3 Å². The summed E-state index contributed by atoms with van der Waals surface area (Å²) in [5.41, 5.74) is 1.10. The summed E-state index contributed by atoms with van der Waals surface area (Å²) in [5.74, 6) is 0.481. The van der Waals surface area contributed by atoms with Crippen LogP contribution in [0.1, 0.15) is 0 Å². The SMILES string of the molecule is CN(C)CC1COB(c2ccccc2)OC1. The lowest BCUT2D eigenvalue weighted by molar-refractivity contribution is 0.0724. The van der Waals surface area contributed by atoms with Crippen LogP contribution in [-0.4, -0.2) is 45.9 Å². The van der Waals surface area contributed by atoms with Crippen LogP contribution < -0.4 is 5.46 Å². The zero-order chi connectivity index (χ0) is 11.4. The van der Waals surface area contributed by atoms with Gasteiger partial charge in [0.1, 0.15) is 0 Å². The Morgan fingerprint density at radius 2 is 1.81 bits per heavy atom. The van der Waals surface area contributed by atoms with Crippen LogP contribution in [0.2, 0.25) is 0 Å². The number of benzene rings is 1. The van der Waals surface area contributed by atoms with Crippen LogP contribution >= 0.6 is 0 Å². The highest BCUT2D eigenvalue weighted by Gasteiger charge is 2.28. The summed E-state index contributed by atoms with van der Waals surface area (Å²) in [6.45, 7) is 2.57.